The van der Waals surface area contributed by atoms with E-state index < -0.39 is 12.6 Å². The van der Waals surface area contributed by atoms with Crippen molar-refractivity contribution < 1.29 is 19.8 Å². The van der Waals surface area contributed by atoms with E-state index in [-0.39, 0.29) is 11.8 Å². The summed E-state index contributed by atoms with van der Waals surface area (Å²) in [5, 5.41) is 21.3. The molecule has 2 aromatic rings. The van der Waals surface area contributed by atoms with Gasteiger partial charge in [-0.1, -0.05) is 9.94 Å². The number of hydrogen-bond donors (Lipinski definition) is 2. The lowest BCUT2D eigenvalue weighted by Crippen LogP contribution is -2.10. The summed E-state index contributed by atoms with van der Waals surface area (Å²) in [7, 11) is 0. The molecule has 0 spiro atoms. The van der Waals surface area contributed by atoms with Crippen LogP contribution >= 0.6 is 0 Å². The van der Waals surface area contributed by atoms with Crippen molar-refractivity contribution in [3.05, 3.63) is 18.6 Å². The van der Waals surface area contributed by atoms with Crippen molar-refractivity contribution >= 4 is 5.97 Å². The minimum Gasteiger partial charge on any atom is -0.479 e. The molecular weight excluding hydrogens is 230 g/mol. The van der Waals surface area contributed by atoms with Gasteiger partial charge in [0, 0.05) is 6.20 Å². The first-order chi connectivity index (χ1) is 8.16. The van der Waals surface area contributed by atoms with Gasteiger partial charge in [0.1, 0.15) is 12.0 Å². The summed E-state index contributed by atoms with van der Waals surface area (Å²) < 4.78 is 4.70. The largest absolute Gasteiger partial charge is 0.479 e. The Hall–Kier alpha value is -2.71. The van der Waals surface area contributed by atoms with Crippen molar-refractivity contribution in [1.29, 1.82) is 0 Å². The first kappa shape index (κ1) is 10.8. The maximum Gasteiger partial charge on any atom is 0.341 e. The van der Waals surface area contributed by atoms with Crippen LogP contribution in [0.5, 0.6) is 6.01 Å². The van der Waals surface area contributed by atoms with Crippen LogP contribution in [0.25, 0.3) is 11.5 Å². The molecule has 0 fully saturated rings. The van der Waals surface area contributed by atoms with Crippen molar-refractivity contribution in [2.45, 2.75) is 0 Å². The lowest BCUT2D eigenvalue weighted by atomic mass is 10.4. The third-order valence-corrected chi connectivity index (χ3v) is 1.71. The number of aromatic nitrogens is 5. The van der Waals surface area contributed by atoms with Crippen LogP contribution in [-0.4, -0.2) is 47.8 Å². The zero-order chi connectivity index (χ0) is 12.3. The SMILES string of the molecule is O=C(O)COc1nc(-c2ccncn2)n(O)n1. The highest BCUT2D eigenvalue weighted by molar-refractivity contribution is 5.68. The Balaban J connectivity index is 2.22. The fraction of sp³-hybridized carbons (Fsp3) is 0.125. The van der Waals surface area contributed by atoms with Gasteiger partial charge in [-0.2, -0.15) is 4.98 Å². The van der Waals surface area contributed by atoms with Gasteiger partial charge >= 0.3 is 12.0 Å². The van der Waals surface area contributed by atoms with Crippen molar-refractivity contribution in [3.8, 4) is 17.5 Å². The molecule has 0 bridgehead atoms. The van der Waals surface area contributed by atoms with Gasteiger partial charge in [0.2, 0.25) is 5.82 Å². The lowest BCUT2D eigenvalue weighted by molar-refractivity contribution is -0.139. The van der Waals surface area contributed by atoms with Crippen LogP contribution in [0, 0.1) is 0 Å². The van der Waals surface area contributed by atoms with E-state index in [0.717, 1.165) is 0 Å². The molecule has 0 amide bonds. The molecule has 17 heavy (non-hydrogen) atoms. The summed E-state index contributed by atoms with van der Waals surface area (Å²) in [6.45, 7) is -0.590. The summed E-state index contributed by atoms with van der Waals surface area (Å²) in [6.07, 6.45) is 2.75. The topological polar surface area (TPSA) is 123 Å². The Morgan fingerprint density at radius 3 is 3.00 bits per heavy atom. The highest BCUT2D eigenvalue weighted by Gasteiger charge is 2.14. The van der Waals surface area contributed by atoms with Crippen LogP contribution in [0.1, 0.15) is 0 Å². The van der Waals surface area contributed by atoms with E-state index in [0.29, 0.717) is 10.5 Å². The van der Waals surface area contributed by atoms with Crippen molar-refractivity contribution in [2.75, 3.05) is 6.61 Å². The van der Waals surface area contributed by atoms with Crippen LogP contribution in [-0.2, 0) is 4.79 Å². The lowest BCUT2D eigenvalue weighted by Gasteiger charge is -1.94. The van der Waals surface area contributed by atoms with Crippen molar-refractivity contribution in [2.24, 2.45) is 0 Å². The van der Waals surface area contributed by atoms with Crippen LogP contribution < -0.4 is 4.74 Å². The summed E-state index contributed by atoms with van der Waals surface area (Å²) in [5.74, 6) is -1.13. The van der Waals surface area contributed by atoms with E-state index in [1.807, 2.05) is 0 Å². The minimum atomic E-state index is -1.16. The molecule has 0 saturated carbocycles. The van der Waals surface area contributed by atoms with Gasteiger partial charge in [0.15, 0.2) is 6.61 Å². The standard InChI is InChI=1S/C8H7N5O4/c14-6(15)3-17-8-11-7(13(16)12-8)5-1-2-9-4-10-5/h1-2,4,16H,3H2,(H,14,15). The summed E-state index contributed by atoms with van der Waals surface area (Å²) in [6, 6.07) is 1.26. The Morgan fingerprint density at radius 2 is 2.35 bits per heavy atom. The van der Waals surface area contributed by atoms with E-state index in [4.69, 9.17) is 9.84 Å². The van der Waals surface area contributed by atoms with E-state index >= 15 is 0 Å². The van der Waals surface area contributed by atoms with Gasteiger partial charge in [0.25, 0.3) is 0 Å². The van der Waals surface area contributed by atoms with Gasteiger partial charge in [-0.25, -0.2) is 14.8 Å². The van der Waals surface area contributed by atoms with Gasteiger partial charge in [0.05, 0.1) is 0 Å². The molecule has 0 aliphatic carbocycles. The molecule has 0 aromatic carbocycles. The fourth-order valence-electron chi connectivity index (χ4n) is 1.06. The second-order valence-corrected chi connectivity index (χ2v) is 2.88. The van der Waals surface area contributed by atoms with Gasteiger partial charge < -0.3 is 15.1 Å². The van der Waals surface area contributed by atoms with E-state index in [9.17, 15) is 10.0 Å². The number of carbonyl (C=O) groups is 1. The number of aliphatic carboxylic acids is 1. The Bertz CT molecular complexity index is 526. The number of hydrogen-bond acceptors (Lipinski definition) is 7. The second kappa shape index (κ2) is 4.43. The molecule has 9 heteroatoms. The predicted molar refractivity (Wildman–Crippen MR) is 51.4 cm³/mol. The number of carboxylic acids is 1. The van der Waals surface area contributed by atoms with Gasteiger partial charge in [-0.05, 0) is 6.07 Å². The minimum absolute atomic E-state index is 0.0350. The first-order valence-corrected chi connectivity index (χ1v) is 4.44. The van der Waals surface area contributed by atoms with E-state index in [1.54, 1.807) is 0 Å². The maximum atomic E-state index is 10.3. The smallest absolute Gasteiger partial charge is 0.341 e. The summed E-state index contributed by atoms with van der Waals surface area (Å²) in [4.78, 5) is 22.1. The average molecular weight is 237 g/mol. The van der Waals surface area contributed by atoms with Crippen LogP contribution in [0.15, 0.2) is 18.6 Å². The van der Waals surface area contributed by atoms with E-state index in [1.165, 1.54) is 18.6 Å². The van der Waals surface area contributed by atoms with Crippen LogP contribution in [0.3, 0.4) is 0 Å². The number of rotatable bonds is 4. The van der Waals surface area contributed by atoms with Crippen molar-refractivity contribution in [3.63, 3.8) is 0 Å². The average Bonchev–Trinajstić information content (AvgIpc) is 2.69. The fourth-order valence-corrected chi connectivity index (χ4v) is 1.06. The molecule has 0 radical (unpaired) electrons. The normalized spacial score (nSPS) is 10.1. The molecular formula is C8H7N5O4. The molecule has 88 valence electrons. The third-order valence-electron chi connectivity index (χ3n) is 1.71. The Labute approximate surface area is 94.3 Å². The molecule has 0 unspecified atom stereocenters. The summed E-state index contributed by atoms with van der Waals surface area (Å²) in [5.41, 5.74) is 0.333. The zero-order valence-corrected chi connectivity index (χ0v) is 8.39. The highest BCUT2D eigenvalue weighted by atomic mass is 16.5. The number of ether oxygens (including phenoxy) is 1. The Morgan fingerprint density at radius 1 is 1.53 bits per heavy atom. The first-order valence-electron chi connectivity index (χ1n) is 4.44. The second-order valence-electron chi connectivity index (χ2n) is 2.88. The van der Waals surface area contributed by atoms with Crippen LogP contribution in [0.4, 0.5) is 0 Å². The maximum absolute atomic E-state index is 10.3. The highest BCUT2D eigenvalue weighted by Crippen LogP contribution is 2.15. The van der Waals surface area contributed by atoms with Crippen molar-refractivity contribution in [1.82, 2.24) is 24.9 Å². The molecule has 9 nitrogen and oxygen atoms in total. The number of carboxylic acid groups (broad SMARTS) is 1. The van der Waals surface area contributed by atoms with E-state index in [2.05, 4.69) is 20.1 Å². The molecule has 2 rings (SSSR count). The monoisotopic (exact) mass is 237 g/mol. The molecule has 2 heterocycles. The zero-order valence-electron chi connectivity index (χ0n) is 8.39. The molecule has 0 aliphatic rings. The van der Waals surface area contributed by atoms with Gasteiger partial charge in [-0.15, -0.1) is 0 Å². The molecule has 0 aliphatic heterocycles. The molecule has 0 atom stereocenters. The van der Waals surface area contributed by atoms with Crippen LogP contribution in [0.2, 0.25) is 0 Å². The molecule has 0 saturated heterocycles. The number of nitrogens with zero attached hydrogens (tertiary/aromatic N) is 5. The van der Waals surface area contributed by atoms with Gasteiger partial charge in [-0.3, -0.25) is 0 Å². The quantitative estimate of drug-likeness (QED) is 0.678. The third kappa shape index (κ3) is 2.45. The molecule has 2 aromatic heterocycles. The predicted octanol–water partition coefficient (Wildman–Crippen LogP) is -0.564. The molecule has 2 N–H and O–H groups in total. The Kier molecular flexibility index (Phi) is 2.81. The summed E-state index contributed by atoms with van der Waals surface area (Å²) >= 11 is 0.